The lowest BCUT2D eigenvalue weighted by molar-refractivity contribution is -0.119. The second-order valence-electron chi connectivity index (χ2n) is 4.88. The number of ether oxygens (including phenoxy) is 1. The number of benzene rings is 1. The van der Waals surface area contributed by atoms with Crippen LogP contribution in [0.2, 0.25) is 0 Å². The van der Waals surface area contributed by atoms with Gasteiger partial charge in [0.05, 0.1) is 5.69 Å². The molecule has 1 aliphatic heterocycles. The van der Waals surface area contributed by atoms with E-state index in [0.717, 1.165) is 4.47 Å². The lowest BCUT2D eigenvalue weighted by atomic mass is 10.2. The molecule has 0 bridgehead atoms. The van der Waals surface area contributed by atoms with Gasteiger partial charge in [0, 0.05) is 29.7 Å². The van der Waals surface area contributed by atoms with Crippen LogP contribution in [0.25, 0.3) is 0 Å². The van der Waals surface area contributed by atoms with Gasteiger partial charge in [0.25, 0.3) is 5.91 Å². The molecule has 0 atom stereocenters. The summed E-state index contributed by atoms with van der Waals surface area (Å²) in [5.41, 5.74) is 0.954. The molecule has 0 saturated heterocycles. The van der Waals surface area contributed by atoms with Gasteiger partial charge in [-0.3, -0.25) is 9.59 Å². The molecule has 2 amide bonds. The number of fused-ring (bicyclic) bond motifs is 1. The molecule has 2 heterocycles. The zero-order chi connectivity index (χ0) is 16.2. The molecule has 23 heavy (non-hydrogen) atoms. The highest BCUT2D eigenvalue weighted by atomic mass is 79.9. The maximum Gasteiger partial charge on any atom is 0.262 e. The Morgan fingerprint density at radius 1 is 1.35 bits per heavy atom. The van der Waals surface area contributed by atoms with Gasteiger partial charge in [0.15, 0.2) is 6.61 Å². The monoisotopic (exact) mass is 376 g/mol. The maximum absolute atomic E-state index is 12.1. The summed E-state index contributed by atoms with van der Waals surface area (Å²) in [6.07, 6.45) is 3.95. The summed E-state index contributed by atoms with van der Waals surface area (Å²) in [6.45, 7) is -0.0395. The molecule has 1 aromatic heterocycles. The third-order valence-corrected chi connectivity index (χ3v) is 3.62. The third kappa shape index (κ3) is 3.84. The van der Waals surface area contributed by atoms with E-state index in [2.05, 4.69) is 36.5 Å². The van der Waals surface area contributed by atoms with Crippen LogP contribution >= 0.6 is 15.9 Å². The summed E-state index contributed by atoms with van der Waals surface area (Å²) >= 11 is 3.36. The van der Waals surface area contributed by atoms with Crippen LogP contribution < -0.4 is 15.4 Å². The van der Waals surface area contributed by atoms with E-state index in [1.54, 1.807) is 30.6 Å². The van der Waals surface area contributed by atoms with Gasteiger partial charge in [-0.1, -0.05) is 15.9 Å². The largest absolute Gasteiger partial charge is 0.481 e. The third-order valence-electron chi connectivity index (χ3n) is 3.16. The summed E-state index contributed by atoms with van der Waals surface area (Å²) in [5, 5.41) is 5.49. The number of nitrogens with one attached hydrogen (secondary N) is 2. The van der Waals surface area contributed by atoms with E-state index < -0.39 is 0 Å². The number of carbonyl (C=O) groups excluding carboxylic acids is 2. The van der Waals surface area contributed by atoms with Crippen LogP contribution in [0.15, 0.2) is 35.1 Å². The van der Waals surface area contributed by atoms with Gasteiger partial charge in [-0.05, 0) is 18.2 Å². The van der Waals surface area contributed by atoms with Crippen molar-refractivity contribution in [2.24, 2.45) is 0 Å². The van der Waals surface area contributed by atoms with Gasteiger partial charge in [0.2, 0.25) is 5.91 Å². The minimum absolute atomic E-state index is 0.0395. The Labute approximate surface area is 140 Å². The molecule has 0 saturated carbocycles. The van der Waals surface area contributed by atoms with Gasteiger partial charge < -0.3 is 15.4 Å². The fourth-order valence-electron chi connectivity index (χ4n) is 2.14. The molecule has 7 nitrogen and oxygen atoms in total. The topological polar surface area (TPSA) is 93.2 Å². The normalized spacial score (nSPS) is 12.8. The number of nitrogens with zero attached hydrogens (tertiary/aromatic N) is 2. The van der Waals surface area contributed by atoms with E-state index in [0.29, 0.717) is 29.4 Å². The molecule has 1 aliphatic rings. The van der Waals surface area contributed by atoms with Crippen molar-refractivity contribution in [2.75, 3.05) is 17.2 Å². The van der Waals surface area contributed by atoms with Crippen molar-refractivity contribution in [3.05, 3.63) is 40.9 Å². The zero-order valence-corrected chi connectivity index (χ0v) is 13.6. The Morgan fingerprint density at radius 2 is 2.13 bits per heavy atom. The van der Waals surface area contributed by atoms with E-state index in [1.165, 1.54) is 0 Å². The van der Waals surface area contributed by atoms with Gasteiger partial charge >= 0.3 is 0 Å². The van der Waals surface area contributed by atoms with Gasteiger partial charge in [-0.25, -0.2) is 9.97 Å². The molecule has 0 radical (unpaired) electrons. The van der Waals surface area contributed by atoms with E-state index >= 15 is 0 Å². The second kappa shape index (κ2) is 6.74. The summed E-state index contributed by atoms with van der Waals surface area (Å²) in [6, 6.07) is 5.17. The molecule has 0 aliphatic carbocycles. The van der Waals surface area contributed by atoms with E-state index in [9.17, 15) is 9.59 Å². The molecule has 0 fully saturated rings. The van der Waals surface area contributed by atoms with E-state index in [4.69, 9.17) is 4.74 Å². The van der Waals surface area contributed by atoms with Crippen LogP contribution in [0.4, 0.5) is 11.4 Å². The molecule has 0 spiro atoms. The van der Waals surface area contributed by atoms with Gasteiger partial charge in [-0.15, -0.1) is 0 Å². The number of rotatable bonds is 4. The second-order valence-corrected chi connectivity index (χ2v) is 5.79. The van der Waals surface area contributed by atoms with Crippen molar-refractivity contribution in [3.63, 3.8) is 0 Å². The number of amides is 2. The molecule has 8 heteroatoms. The number of anilines is 2. The van der Waals surface area contributed by atoms with E-state index in [-0.39, 0.29) is 24.8 Å². The molecular weight excluding hydrogens is 364 g/mol. The predicted molar refractivity (Wildman–Crippen MR) is 87.2 cm³/mol. The number of aromatic nitrogens is 2. The van der Waals surface area contributed by atoms with Crippen LogP contribution in [0.3, 0.4) is 0 Å². The standard InChI is InChI=1S/C15H13BrN4O3/c16-9-6-10(15-11(7-9)23-8-14(22)20-15)19-13(21)3-2-12-17-4-1-5-18-12/h1,4-7H,2-3,8H2,(H,19,21)(H,20,22). The van der Waals surface area contributed by atoms with Crippen molar-refractivity contribution < 1.29 is 14.3 Å². The minimum atomic E-state index is -0.256. The molecular formula is C15H13BrN4O3. The highest BCUT2D eigenvalue weighted by Gasteiger charge is 2.21. The average molecular weight is 377 g/mol. The smallest absolute Gasteiger partial charge is 0.262 e. The SMILES string of the molecule is O=C(CCc1ncccn1)Nc1cc(Br)cc2c1NC(=O)CO2. The molecule has 1 aromatic carbocycles. The minimum Gasteiger partial charge on any atom is -0.481 e. The van der Waals surface area contributed by atoms with Crippen LogP contribution in [-0.4, -0.2) is 28.4 Å². The highest BCUT2D eigenvalue weighted by molar-refractivity contribution is 9.10. The summed E-state index contributed by atoms with van der Waals surface area (Å²) in [5.74, 6) is 0.668. The number of aryl methyl sites for hydroxylation is 1. The summed E-state index contributed by atoms with van der Waals surface area (Å²) in [4.78, 5) is 31.8. The van der Waals surface area contributed by atoms with Crippen LogP contribution in [0.1, 0.15) is 12.2 Å². The highest BCUT2D eigenvalue weighted by Crippen LogP contribution is 2.38. The van der Waals surface area contributed by atoms with Crippen LogP contribution in [0.5, 0.6) is 5.75 Å². The van der Waals surface area contributed by atoms with Crippen molar-refractivity contribution in [2.45, 2.75) is 12.8 Å². The first-order valence-corrected chi connectivity index (χ1v) is 7.73. The molecule has 3 rings (SSSR count). The van der Waals surface area contributed by atoms with Crippen molar-refractivity contribution in [3.8, 4) is 5.75 Å². The lowest BCUT2D eigenvalue weighted by Crippen LogP contribution is -2.26. The number of hydrogen-bond acceptors (Lipinski definition) is 5. The fourth-order valence-corrected chi connectivity index (χ4v) is 2.58. The Bertz CT molecular complexity index is 752. The molecule has 0 unspecified atom stereocenters. The first-order chi connectivity index (χ1) is 11.1. The van der Waals surface area contributed by atoms with Crippen molar-refractivity contribution >= 4 is 39.1 Å². The van der Waals surface area contributed by atoms with Crippen molar-refractivity contribution in [1.29, 1.82) is 0 Å². The predicted octanol–water partition coefficient (Wildman–Crippen LogP) is 2.14. The average Bonchev–Trinajstić information content (AvgIpc) is 2.54. The van der Waals surface area contributed by atoms with E-state index in [1.807, 2.05) is 0 Å². The van der Waals surface area contributed by atoms with Gasteiger partial charge in [0.1, 0.15) is 17.3 Å². The summed E-state index contributed by atoms with van der Waals surface area (Å²) in [7, 11) is 0. The van der Waals surface area contributed by atoms with Crippen LogP contribution in [-0.2, 0) is 16.0 Å². The Kier molecular flexibility index (Phi) is 4.52. The molecule has 118 valence electrons. The number of halogens is 1. The van der Waals surface area contributed by atoms with Crippen molar-refractivity contribution in [1.82, 2.24) is 9.97 Å². The molecule has 2 aromatic rings. The number of hydrogen-bond donors (Lipinski definition) is 2. The Hall–Kier alpha value is -2.48. The zero-order valence-electron chi connectivity index (χ0n) is 12.0. The Morgan fingerprint density at radius 3 is 2.91 bits per heavy atom. The molecule has 2 N–H and O–H groups in total. The first kappa shape index (κ1) is 15.4. The summed E-state index contributed by atoms with van der Waals surface area (Å²) < 4.78 is 6.10. The van der Waals surface area contributed by atoms with Crippen LogP contribution in [0, 0.1) is 0 Å². The fraction of sp³-hybridized carbons (Fsp3) is 0.200. The quantitative estimate of drug-likeness (QED) is 0.852. The number of carbonyl (C=O) groups is 2. The lowest BCUT2D eigenvalue weighted by Gasteiger charge is -2.21. The maximum atomic E-state index is 12.1. The van der Waals surface area contributed by atoms with Gasteiger partial charge in [-0.2, -0.15) is 0 Å². The first-order valence-electron chi connectivity index (χ1n) is 6.94. The Balaban J connectivity index is 1.71.